The second-order valence-corrected chi connectivity index (χ2v) is 7.76. The van der Waals surface area contributed by atoms with Crippen LogP contribution in [0, 0.1) is 20.8 Å². The van der Waals surface area contributed by atoms with Crippen molar-refractivity contribution in [2.45, 2.75) is 27.7 Å². The van der Waals surface area contributed by atoms with E-state index in [2.05, 4.69) is 21.2 Å². The average Bonchev–Trinajstić information content (AvgIpc) is 2.65. The lowest BCUT2D eigenvalue weighted by Gasteiger charge is -2.20. The molecule has 1 N–H and O–H groups in total. The van der Waals surface area contributed by atoms with Crippen LogP contribution in [0.3, 0.4) is 0 Å². The predicted molar refractivity (Wildman–Crippen MR) is 118 cm³/mol. The minimum absolute atomic E-state index is 0.0707. The Labute approximate surface area is 180 Å². The Morgan fingerprint density at radius 3 is 2.28 bits per heavy atom. The number of anilines is 1. The normalized spacial score (nSPS) is 10.4. The maximum absolute atomic E-state index is 12.8. The Hall–Kier alpha value is -2.54. The summed E-state index contributed by atoms with van der Waals surface area (Å²) in [4.78, 5) is 26.7. The van der Waals surface area contributed by atoms with Gasteiger partial charge in [0.1, 0.15) is 0 Å². The van der Waals surface area contributed by atoms with E-state index in [1.165, 1.54) is 12.0 Å². The van der Waals surface area contributed by atoms with E-state index < -0.39 is 0 Å². The number of likely N-dealkylation sites (N-methyl/N-ethyl adjacent to an activating group) is 1. The minimum atomic E-state index is -0.292. The number of amides is 2. The largest absolute Gasteiger partial charge is 0.493 e. The fraction of sp³-hybridized carbons (Fsp3) is 0.364. The molecule has 0 saturated heterocycles. The number of hydrogen-bond acceptors (Lipinski definition) is 4. The molecule has 0 aromatic heterocycles. The van der Waals surface area contributed by atoms with Crippen molar-refractivity contribution in [1.82, 2.24) is 4.90 Å². The molecule has 6 nitrogen and oxygen atoms in total. The molecule has 0 saturated carbocycles. The first-order valence-corrected chi connectivity index (χ1v) is 10.1. The quantitative estimate of drug-likeness (QED) is 0.657. The Balaban J connectivity index is 2.15. The maximum Gasteiger partial charge on any atom is 0.254 e. The van der Waals surface area contributed by atoms with Crippen molar-refractivity contribution in [2.75, 3.05) is 32.6 Å². The zero-order valence-electron chi connectivity index (χ0n) is 17.7. The molecule has 2 aromatic rings. The Morgan fingerprint density at radius 1 is 1.10 bits per heavy atom. The number of benzene rings is 2. The average molecular weight is 463 g/mol. The molecule has 0 atom stereocenters. The van der Waals surface area contributed by atoms with Gasteiger partial charge < -0.3 is 19.7 Å². The summed E-state index contributed by atoms with van der Waals surface area (Å²) in [5, 5.41) is 2.92. The van der Waals surface area contributed by atoms with E-state index in [9.17, 15) is 9.59 Å². The monoisotopic (exact) mass is 462 g/mol. The predicted octanol–water partition coefficient (Wildman–Crippen LogP) is 4.49. The lowest BCUT2D eigenvalue weighted by molar-refractivity contribution is -0.116. The smallest absolute Gasteiger partial charge is 0.254 e. The first-order chi connectivity index (χ1) is 13.7. The number of methoxy groups -OCH3 is 1. The highest BCUT2D eigenvalue weighted by Crippen LogP contribution is 2.37. The van der Waals surface area contributed by atoms with Crippen LogP contribution in [-0.4, -0.2) is 44.0 Å². The molecule has 0 aliphatic carbocycles. The van der Waals surface area contributed by atoms with Gasteiger partial charge in [-0.1, -0.05) is 17.7 Å². The molecule has 0 radical (unpaired) electrons. The molecule has 0 aliphatic heterocycles. The zero-order chi connectivity index (χ0) is 21.7. The molecule has 2 rings (SSSR count). The molecular formula is C22H27BrN2O4. The van der Waals surface area contributed by atoms with Gasteiger partial charge in [0.05, 0.1) is 24.7 Å². The van der Waals surface area contributed by atoms with Crippen molar-refractivity contribution in [3.63, 3.8) is 0 Å². The van der Waals surface area contributed by atoms with Crippen molar-refractivity contribution >= 4 is 33.4 Å². The summed E-state index contributed by atoms with van der Waals surface area (Å²) in [5.74, 6) is 0.443. The van der Waals surface area contributed by atoms with E-state index >= 15 is 0 Å². The molecule has 0 spiro atoms. The SMILES string of the molecule is CCOc1c(Br)cc(C(=O)N(C)CC(=O)Nc2c(C)cc(C)cc2C)cc1OC. The highest BCUT2D eigenvalue weighted by atomic mass is 79.9. The van der Waals surface area contributed by atoms with E-state index in [0.717, 1.165) is 22.4 Å². The summed E-state index contributed by atoms with van der Waals surface area (Å²) in [5.41, 5.74) is 4.30. The third-order valence-corrected chi connectivity index (χ3v) is 5.02. The first-order valence-electron chi connectivity index (χ1n) is 9.31. The first kappa shape index (κ1) is 22.7. The number of nitrogens with one attached hydrogen (secondary N) is 1. The molecule has 2 aromatic carbocycles. The van der Waals surface area contributed by atoms with Gasteiger partial charge in [-0.3, -0.25) is 9.59 Å². The van der Waals surface area contributed by atoms with Gasteiger partial charge in [-0.15, -0.1) is 0 Å². The molecule has 156 valence electrons. The van der Waals surface area contributed by atoms with Crippen LogP contribution in [-0.2, 0) is 4.79 Å². The van der Waals surface area contributed by atoms with Crippen LogP contribution in [0.2, 0.25) is 0 Å². The summed E-state index contributed by atoms with van der Waals surface area (Å²) in [6.07, 6.45) is 0. The van der Waals surface area contributed by atoms with Crippen molar-refractivity contribution in [3.05, 3.63) is 51.0 Å². The molecular weight excluding hydrogens is 436 g/mol. The van der Waals surface area contributed by atoms with Crippen molar-refractivity contribution in [2.24, 2.45) is 0 Å². The summed E-state index contributed by atoms with van der Waals surface area (Å²) in [7, 11) is 3.11. The molecule has 7 heteroatoms. The van der Waals surface area contributed by atoms with Crippen LogP contribution in [0.15, 0.2) is 28.7 Å². The van der Waals surface area contributed by atoms with E-state index in [1.54, 1.807) is 19.2 Å². The molecule has 2 amide bonds. The van der Waals surface area contributed by atoms with Gasteiger partial charge in [0.2, 0.25) is 5.91 Å². The second-order valence-electron chi connectivity index (χ2n) is 6.91. The molecule has 0 bridgehead atoms. The molecule has 0 unspecified atom stereocenters. The lowest BCUT2D eigenvalue weighted by atomic mass is 10.1. The van der Waals surface area contributed by atoms with Gasteiger partial charge in [-0.05, 0) is 66.9 Å². The van der Waals surface area contributed by atoms with Crippen molar-refractivity contribution < 1.29 is 19.1 Å². The number of rotatable bonds is 7. The topological polar surface area (TPSA) is 67.9 Å². The number of nitrogens with zero attached hydrogens (tertiary/aromatic N) is 1. The second kappa shape index (κ2) is 9.78. The zero-order valence-corrected chi connectivity index (χ0v) is 19.3. The summed E-state index contributed by atoms with van der Waals surface area (Å²) < 4.78 is 11.5. The van der Waals surface area contributed by atoms with Gasteiger partial charge in [0.25, 0.3) is 5.91 Å². The van der Waals surface area contributed by atoms with E-state index in [-0.39, 0.29) is 18.4 Å². The number of aryl methyl sites for hydroxylation is 3. The highest BCUT2D eigenvalue weighted by molar-refractivity contribution is 9.10. The third-order valence-electron chi connectivity index (χ3n) is 4.43. The number of hydrogen-bond donors (Lipinski definition) is 1. The van der Waals surface area contributed by atoms with Crippen molar-refractivity contribution in [1.29, 1.82) is 0 Å². The Kier molecular flexibility index (Phi) is 7.67. The number of carbonyl (C=O) groups is 2. The summed E-state index contributed by atoms with van der Waals surface area (Å²) >= 11 is 3.42. The van der Waals surface area contributed by atoms with Gasteiger partial charge in [-0.25, -0.2) is 0 Å². The fourth-order valence-electron chi connectivity index (χ4n) is 3.19. The summed E-state index contributed by atoms with van der Waals surface area (Å²) in [6, 6.07) is 7.31. The Morgan fingerprint density at radius 2 is 1.72 bits per heavy atom. The number of halogens is 1. The van der Waals surface area contributed by atoms with E-state index in [0.29, 0.717) is 28.1 Å². The van der Waals surface area contributed by atoms with Gasteiger partial charge in [0, 0.05) is 18.3 Å². The highest BCUT2D eigenvalue weighted by Gasteiger charge is 2.20. The number of carbonyl (C=O) groups excluding carboxylic acids is 2. The van der Waals surface area contributed by atoms with Crippen LogP contribution < -0.4 is 14.8 Å². The molecule has 0 aliphatic rings. The molecule has 0 fully saturated rings. The third kappa shape index (κ3) is 5.50. The van der Waals surface area contributed by atoms with Gasteiger partial charge >= 0.3 is 0 Å². The molecule has 0 heterocycles. The van der Waals surface area contributed by atoms with Crippen LogP contribution in [0.25, 0.3) is 0 Å². The fourth-order valence-corrected chi connectivity index (χ4v) is 3.75. The van der Waals surface area contributed by atoms with E-state index in [1.807, 2.05) is 39.8 Å². The van der Waals surface area contributed by atoms with Crippen molar-refractivity contribution in [3.8, 4) is 11.5 Å². The van der Waals surface area contributed by atoms with Crippen LogP contribution >= 0.6 is 15.9 Å². The van der Waals surface area contributed by atoms with Crippen LogP contribution in [0.5, 0.6) is 11.5 Å². The summed E-state index contributed by atoms with van der Waals surface area (Å²) in [6.45, 7) is 8.19. The van der Waals surface area contributed by atoms with Gasteiger partial charge in [-0.2, -0.15) is 0 Å². The van der Waals surface area contributed by atoms with Gasteiger partial charge in [0.15, 0.2) is 11.5 Å². The Bertz CT molecular complexity index is 904. The standard InChI is InChI=1S/C22H27BrN2O4/c1-7-29-21-17(23)10-16(11-18(21)28-6)22(27)25(5)12-19(26)24-20-14(3)8-13(2)9-15(20)4/h8-11H,7,12H2,1-6H3,(H,24,26). The van der Waals surface area contributed by atoms with Crippen LogP contribution in [0.4, 0.5) is 5.69 Å². The molecule has 29 heavy (non-hydrogen) atoms. The van der Waals surface area contributed by atoms with E-state index in [4.69, 9.17) is 9.47 Å². The maximum atomic E-state index is 12.8. The lowest BCUT2D eigenvalue weighted by Crippen LogP contribution is -2.35. The number of ether oxygens (including phenoxy) is 2. The minimum Gasteiger partial charge on any atom is -0.493 e. The van der Waals surface area contributed by atoms with Crippen LogP contribution in [0.1, 0.15) is 34.0 Å².